The third-order valence-electron chi connectivity index (χ3n) is 4.72. The van der Waals surface area contributed by atoms with Crippen LogP contribution in [0.15, 0.2) is 28.7 Å². The largest absolute Gasteiger partial charge is 0.335 e. The molecule has 2 aliphatic rings. The SMILES string of the molecule is O=C1CCCC1C1CCCCN1C(=O)c1ccc(Br)cc1. The Hall–Kier alpha value is -1.16. The number of rotatable bonds is 2. The van der Waals surface area contributed by atoms with Gasteiger partial charge in [0.1, 0.15) is 5.78 Å². The molecule has 1 aromatic carbocycles. The van der Waals surface area contributed by atoms with E-state index in [1.54, 1.807) is 0 Å². The molecule has 3 nitrogen and oxygen atoms in total. The Morgan fingerprint density at radius 3 is 2.52 bits per heavy atom. The van der Waals surface area contributed by atoms with E-state index >= 15 is 0 Å². The van der Waals surface area contributed by atoms with Crippen molar-refractivity contribution in [3.05, 3.63) is 34.3 Å². The molecule has 1 aromatic rings. The number of carbonyl (C=O) groups excluding carboxylic acids is 2. The van der Waals surface area contributed by atoms with Gasteiger partial charge in [-0.15, -0.1) is 0 Å². The monoisotopic (exact) mass is 349 g/mol. The fraction of sp³-hybridized carbons (Fsp3) is 0.529. The smallest absolute Gasteiger partial charge is 0.254 e. The van der Waals surface area contributed by atoms with Crippen LogP contribution >= 0.6 is 15.9 Å². The zero-order valence-electron chi connectivity index (χ0n) is 12.1. The average Bonchev–Trinajstić information content (AvgIpc) is 2.93. The van der Waals surface area contributed by atoms with Gasteiger partial charge in [-0.2, -0.15) is 0 Å². The van der Waals surface area contributed by atoms with Crippen LogP contribution in [0.25, 0.3) is 0 Å². The van der Waals surface area contributed by atoms with E-state index in [2.05, 4.69) is 15.9 Å². The molecule has 0 bridgehead atoms. The van der Waals surface area contributed by atoms with Gasteiger partial charge in [0.2, 0.25) is 0 Å². The lowest BCUT2D eigenvalue weighted by atomic mass is 9.88. The highest BCUT2D eigenvalue weighted by atomic mass is 79.9. The molecule has 112 valence electrons. The predicted molar refractivity (Wildman–Crippen MR) is 85.2 cm³/mol. The number of amides is 1. The van der Waals surface area contributed by atoms with E-state index in [4.69, 9.17) is 0 Å². The van der Waals surface area contributed by atoms with E-state index in [9.17, 15) is 9.59 Å². The number of hydrogen-bond donors (Lipinski definition) is 0. The number of carbonyl (C=O) groups is 2. The summed E-state index contributed by atoms with van der Waals surface area (Å²) >= 11 is 3.39. The number of halogens is 1. The highest BCUT2D eigenvalue weighted by molar-refractivity contribution is 9.10. The van der Waals surface area contributed by atoms with Crippen molar-refractivity contribution >= 4 is 27.6 Å². The Morgan fingerprint density at radius 1 is 1.10 bits per heavy atom. The molecule has 0 aromatic heterocycles. The van der Waals surface area contributed by atoms with Crippen molar-refractivity contribution in [3.63, 3.8) is 0 Å². The first-order valence-corrected chi connectivity index (χ1v) is 8.55. The van der Waals surface area contributed by atoms with Crippen LogP contribution in [0.3, 0.4) is 0 Å². The van der Waals surface area contributed by atoms with Crippen LogP contribution in [0.2, 0.25) is 0 Å². The van der Waals surface area contributed by atoms with Crippen molar-refractivity contribution in [1.29, 1.82) is 0 Å². The Morgan fingerprint density at radius 2 is 1.86 bits per heavy atom. The fourth-order valence-electron chi connectivity index (χ4n) is 3.64. The molecule has 0 radical (unpaired) electrons. The van der Waals surface area contributed by atoms with Gasteiger partial charge in [0.15, 0.2) is 0 Å². The fourth-order valence-corrected chi connectivity index (χ4v) is 3.90. The zero-order valence-corrected chi connectivity index (χ0v) is 13.6. The highest BCUT2D eigenvalue weighted by Crippen LogP contribution is 2.33. The minimum absolute atomic E-state index is 0.0738. The summed E-state index contributed by atoms with van der Waals surface area (Å²) in [6, 6.07) is 7.62. The average molecular weight is 350 g/mol. The second kappa shape index (κ2) is 6.30. The number of piperidine rings is 1. The summed E-state index contributed by atoms with van der Waals surface area (Å²) < 4.78 is 0.972. The predicted octanol–water partition coefficient (Wildman–Crippen LogP) is 3.81. The van der Waals surface area contributed by atoms with Gasteiger partial charge in [-0.05, 0) is 56.4 Å². The van der Waals surface area contributed by atoms with Gasteiger partial charge in [-0.3, -0.25) is 9.59 Å². The van der Waals surface area contributed by atoms with Crippen molar-refractivity contribution in [2.75, 3.05) is 6.54 Å². The summed E-state index contributed by atoms with van der Waals surface area (Å²) in [5.74, 6) is 0.507. The minimum atomic E-state index is 0.0738. The number of ketones is 1. The van der Waals surface area contributed by atoms with Gasteiger partial charge >= 0.3 is 0 Å². The van der Waals surface area contributed by atoms with Crippen LogP contribution in [0.5, 0.6) is 0 Å². The lowest BCUT2D eigenvalue weighted by Crippen LogP contribution is -2.48. The molecule has 4 heteroatoms. The quantitative estimate of drug-likeness (QED) is 0.813. The number of nitrogens with zero attached hydrogens (tertiary/aromatic N) is 1. The molecule has 1 heterocycles. The second-order valence-corrected chi connectivity index (χ2v) is 6.95. The molecule has 1 aliphatic heterocycles. The molecular formula is C17H20BrNO2. The summed E-state index contributed by atoms with van der Waals surface area (Å²) in [5.41, 5.74) is 0.718. The molecule has 21 heavy (non-hydrogen) atoms. The molecule has 1 amide bonds. The lowest BCUT2D eigenvalue weighted by Gasteiger charge is -2.38. The Bertz CT molecular complexity index is 540. The molecule has 2 fully saturated rings. The number of likely N-dealkylation sites (tertiary alicyclic amines) is 1. The molecular weight excluding hydrogens is 330 g/mol. The van der Waals surface area contributed by atoms with Crippen LogP contribution in [0.4, 0.5) is 0 Å². The van der Waals surface area contributed by atoms with Crippen LogP contribution in [-0.2, 0) is 4.79 Å². The van der Waals surface area contributed by atoms with Crippen molar-refractivity contribution in [2.45, 2.75) is 44.6 Å². The maximum absolute atomic E-state index is 12.8. The Labute approximate surface area is 133 Å². The van der Waals surface area contributed by atoms with E-state index in [1.165, 1.54) is 0 Å². The topological polar surface area (TPSA) is 37.4 Å². The van der Waals surface area contributed by atoms with Crippen molar-refractivity contribution < 1.29 is 9.59 Å². The summed E-state index contributed by atoms with van der Waals surface area (Å²) in [6.45, 7) is 0.781. The van der Waals surface area contributed by atoms with Gasteiger partial charge in [0.05, 0.1) is 0 Å². The van der Waals surface area contributed by atoms with Gasteiger partial charge in [-0.1, -0.05) is 15.9 Å². The van der Waals surface area contributed by atoms with E-state index < -0.39 is 0 Å². The minimum Gasteiger partial charge on any atom is -0.335 e. The van der Waals surface area contributed by atoms with E-state index in [1.807, 2.05) is 29.2 Å². The number of benzene rings is 1. The maximum Gasteiger partial charge on any atom is 0.254 e. The molecule has 3 rings (SSSR count). The molecule has 1 aliphatic carbocycles. The van der Waals surface area contributed by atoms with Gasteiger partial charge < -0.3 is 4.90 Å². The second-order valence-electron chi connectivity index (χ2n) is 6.03. The van der Waals surface area contributed by atoms with Crippen molar-refractivity contribution in [1.82, 2.24) is 4.90 Å². The summed E-state index contributed by atoms with van der Waals surface area (Å²) in [5, 5.41) is 0. The molecule has 0 spiro atoms. The van der Waals surface area contributed by atoms with E-state index in [-0.39, 0.29) is 17.9 Å². The molecule has 1 saturated heterocycles. The number of Topliss-reactive ketones (excluding diaryl/α,β-unsaturated/α-hetero) is 1. The van der Waals surface area contributed by atoms with Crippen LogP contribution < -0.4 is 0 Å². The van der Waals surface area contributed by atoms with E-state index in [0.717, 1.165) is 48.7 Å². The first-order valence-electron chi connectivity index (χ1n) is 7.76. The standard InChI is InChI=1S/C17H20BrNO2/c18-13-9-7-12(8-10-13)17(21)19-11-2-1-5-15(19)14-4-3-6-16(14)20/h7-10,14-15H,1-6,11H2. The highest BCUT2D eigenvalue weighted by Gasteiger charge is 2.38. The number of hydrogen-bond acceptors (Lipinski definition) is 2. The van der Waals surface area contributed by atoms with Crippen LogP contribution in [0, 0.1) is 5.92 Å². The summed E-state index contributed by atoms with van der Waals surface area (Å²) in [7, 11) is 0. The molecule has 1 saturated carbocycles. The lowest BCUT2D eigenvalue weighted by molar-refractivity contribution is -0.122. The Balaban J connectivity index is 1.81. The van der Waals surface area contributed by atoms with Crippen molar-refractivity contribution in [2.24, 2.45) is 5.92 Å². The van der Waals surface area contributed by atoms with Crippen LogP contribution in [-0.4, -0.2) is 29.2 Å². The van der Waals surface area contributed by atoms with Crippen molar-refractivity contribution in [3.8, 4) is 0 Å². The third kappa shape index (κ3) is 3.05. The molecule has 0 N–H and O–H groups in total. The molecule has 2 atom stereocenters. The van der Waals surface area contributed by atoms with Gasteiger partial charge in [0, 0.05) is 35.0 Å². The normalized spacial score (nSPS) is 26.1. The maximum atomic E-state index is 12.8. The van der Waals surface area contributed by atoms with Crippen LogP contribution in [0.1, 0.15) is 48.9 Å². The summed E-state index contributed by atoms with van der Waals surface area (Å²) in [6.07, 6.45) is 5.77. The molecule has 2 unspecified atom stereocenters. The first-order chi connectivity index (χ1) is 10.2. The first kappa shape index (κ1) is 14.8. The third-order valence-corrected chi connectivity index (χ3v) is 5.25. The Kier molecular flexibility index (Phi) is 4.43. The van der Waals surface area contributed by atoms with E-state index in [0.29, 0.717) is 12.2 Å². The zero-order chi connectivity index (χ0) is 14.8. The van der Waals surface area contributed by atoms with Gasteiger partial charge in [-0.25, -0.2) is 0 Å². The van der Waals surface area contributed by atoms with Gasteiger partial charge in [0.25, 0.3) is 5.91 Å². The summed E-state index contributed by atoms with van der Waals surface area (Å²) in [4.78, 5) is 26.8.